The molecule has 0 bridgehead atoms. The van der Waals surface area contributed by atoms with Crippen LogP contribution in [0.3, 0.4) is 0 Å². The number of fused-ring (bicyclic) bond motifs is 1. The maximum Gasteiger partial charge on any atom is 0.253 e. The van der Waals surface area contributed by atoms with Gasteiger partial charge in [0.15, 0.2) is 0 Å². The first-order chi connectivity index (χ1) is 12.1. The number of hydrogen-bond donors (Lipinski definition) is 1. The molecule has 2 aromatic rings. The molecular formula is C19H25N3O3. The molecule has 25 heavy (non-hydrogen) atoms. The lowest BCUT2D eigenvalue weighted by molar-refractivity contribution is -0.136. The molecule has 1 N–H and O–H groups in total. The van der Waals surface area contributed by atoms with Crippen LogP contribution in [0.1, 0.15) is 23.2 Å². The molecule has 0 aliphatic carbocycles. The third-order valence-corrected chi connectivity index (χ3v) is 4.87. The first kappa shape index (κ1) is 17.5. The summed E-state index contributed by atoms with van der Waals surface area (Å²) in [6, 6.07) is 7.63. The van der Waals surface area contributed by atoms with E-state index in [2.05, 4.69) is 4.98 Å². The second-order valence-corrected chi connectivity index (χ2v) is 6.62. The van der Waals surface area contributed by atoms with Gasteiger partial charge in [0.2, 0.25) is 5.91 Å². The summed E-state index contributed by atoms with van der Waals surface area (Å²) < 4.78 is 5.03. The van der Waals surface area contributed by atoms with Crippen LogP contribution in [0, 0.1) is 5.92 Å². The van der Waals surface area contributed by atoms with Crippen molar-refractivity contribution in [2.75, 3.05) is 40.4 Å². The Morgan fingerprint density at radius 2 is 2.20 bits per heavy atom. The number of carbonyl (C=O) groups is 2. The Morgan fingerprint density at radius 3 is 3.00 bits per heavy atom. The molecule has 0 saturated carbocycles. The lowest BCUT2D eigenvalue weighted by atomic mass is 9.96. The standard InChI is InChI=1S/C19H25N3O3/c1-21(10-11-25-2)18(23)16-4-3-9-22(13-16)19(24)15-5-6-17-14(12-15)7-8-20-17/h5-8,12,16,20H,3-4,9-11,13H2,1-2H3. The fourth-order valence-electron chi connectivity index (χ4n) is 3.38. The van der Waals surface area contributed by atoms with E-state index in [1.807, 2.05) is 35.4 Å². The molecule has 6 heteroatoms. The van der Waals surface area contributed by atoms with Crippen LogP contribution in [0.4, 0.5) is 0 Å². The lowest BCUT2D eigenvalue weighted by Crippen LogP contribution is -2.46. The minimum absolute atomic E-state index is 0.000134. The summed E-state index contributed by atoms with van der Waals surface area (Å²) in [6.07, 6.45) is 3.55. The van der Waals surface area contributed by atoms with Gasteiger partial charge >= 0.3 is 0 Å². The molecule has 1 aromatic carbocycles. The number of aromatic amines is 1. The van der Waals surface area contributed by atoms with Gasteiger partial charge in [-0.1, -0.05) is 0 Å². The van der Waals surface area contributed by atoms with Crippen molar-refractivity contribution in [2.45, 2.75) is 12.8 Å². The molecule has 1 unspecified atom stereocenters. The summed E-state index contributed by atoms with van der Waals surface area (Å²) in [6.45, 7) is 2.29. The van der Waals surface area contributed by atoms with Crippen molar-refractivity contribution in [3.63, 3.8) is 0 Å². The SMILES string of the molecule is COCCN(C)C(=O)C1CCCN(C(=O)c2ccc3[nH]ccc3c2)C1. The molecule has 0 spiro atoms. The highest BCUT2D eigenvalue weighted by atomic mass is 16.5. The van der Waals surface area contributed by atoms with Gasteiger partial charge in [0.05, 0.1) is 12.5 Å². The van der Waals surface area contributed by atoms with Crippen LogP contribution in [-0.2, 0) is 9.53 Å². The molecule has 2 heterocycles. The normalized spacial score (nSPS) is 17.7. The summed E-state index contributed by atoms with van der Waals surface area (Å²) in [5.74, 6) is -0.0358. The number of nitrogens with zero attached hydrogens (tertiary/aromatic N) is 2. The number of amides is 2. The first-order valence-electron chi connectivity index (χ1n) is 8.70. The minimum Gasteiger partial charge on any atom is -0.383 e. The molecule has 134 valence electrons. The summed E-state index contributed by atoms with van der Waals surface area (Å²) in [5.41, 5.74) is 1.69. The number of benzene rings is 1. The number of H-pyrrole nitrogens is 1. The van der Waals surface area contributed by atoms with E-state index in [0.717, 1.165) is 23.7 Å². The van der Waals surface area contributed by atoms with Crippen molar-refractivity contribution in [3.05, 3.63) is 36.0 Å². The van der Waals surface area contributed by atoms with Crippen LogP contribution in [0.25, 0.3) is 10.9 Å². The van der Waals surface area contributed by atoms with Crippen LogP contribution in [0.5, 0.6) is 0 Å². The molecule has 1 saturated heterocycles. The largest absolute Gasteiger partial charge is 0.383 e. The third kappa shape index (κ3) is 3.85. The van der Waals surface area contributed by atoms with E-state index in [1.165, 1.54) is 0 Å². The predicted molar refractivity (Wildman–Crippen MR) is 96.4 cm³/mol. The summed E-state index contributed by atoms with van der Waals surface area (Å²) in [7, 11) is 3.42. The Kier molecular flexibility index (Phi) is 5.38. The molecule has 0 radical (unpaired) electrons. The highest BCUT2D eigenvalue weighted by Crippen LogP contribution is 2.22. The monoisotopic (exact) mass is 343 g/mol. The smallest absolute Gasteiger partial charge is 0.253 e. The Labute approximate surface area is 147 Å². The highest BCUT2D eigenvalue weighted by Gasteiger charge is 2.30. The number of likely N-dealkylation sites (tertiary alicyclic amines) is 1. The average molecular weight is 343 g/mol. The van der Waals surface area contributed by atoms with E-state index in [9.17, 15) is 9.59 Å². The molecular weight excluding hydrogens is 318 g/mol. The molecule has 3 rings (SSSR count). The Bertz CT molecular complexity index is 755. The van der Waals surface area contributed by atoms with E-state index >= 15 is 0 Å². The van der Waals surface area contributed by atoms with Crippen LogP contribution >= 0.6 is 0 Å². The molecule has 1 aliphatic heterocycles. The van der Waals surface area contributed by atoms with Crippen LogP contribution in [0.2, 0.25) is 0 Å². The number of rotatable bonds is 5. The zero-order valence-electron chi connectivity index (χ0n) is 14.8. The molecule has 1 fully saturated rings. The van der Waals surface area contributed by atoms with Crippen LogP contribution in [0.15, 0.2) is 30.5 Å². The van der Waals surface area contributed by atoms with Gasteiger partial charge in [-0.15, -0.1) is 0 Å². The van der Waals surface area contributed by atoms with Crippen molar-refractivity contribution in [2.24, 2.45) is 5.92 Å². The summed E-state index contributed by atoms with van der Waals surface area (Å²) in [5, 5.41) is 1.02. The van der Waals surface area contributed by atoms with E-state index in [-0.39, 0.29) is 17.7 Å². The van der Waals surface area contributed by atoms with E-state index in [0.29, 0.717) is 31.8 Å². The predicted octanol–water partition coefficient (Wildman–Crippen LogP) is 2.12. The number of methoxy groups -OCH3 is 1. The van der Waals surface area contributed by atoms with E-state index in [4.69, 9.17) is 4.74 Å². The van der Waals surface area contributed by atoms with Gasteiger partial charge in [0, 0.05) is 56.5 Å². The second-order valence-electron chi connectivity index (χ2n) is 6.62. The molecule has 2 amide bonds. The fourth-order valence-corrected chi connectivity index (χ4v) is 3.38. The Hall–Kier alpha value is -2.34. The van der Waals surface area contributed by atoms with Crippen molar-refractivity contribution in [1.29, 1.82) is 0 Å². The number of hydrogen-bond acceptors (Lipinski definition) is 3. The van der Waals surface area contributed by atoms with Gasteiger partial charge in [-0.2, -0.15) is 0 Å². The average Bonchev–Trinajstić information content (AvgIpc) is 3.12. The lowest BCUT2D eigenvalue weighted by Gasteiger charge is -2.34. The van der Waals surface area contributed by atoms with Crippen LogP contribution < -0.4 is 0 Å². The number of aromatic nitrogens is 1. The zero-order valence-corrected chi connectivity index (χ0v) is 14.8. The molecule has 1 aliphatic rings. The van der Waals surface area contributed by atoms with Gasteiger partial charge in [0.25, 0.3) is 5.91 Å². The Morgan fingerprint density at radius 1 is 1.36 bits per heavy atom. The number of likely N-dealkylation sites (N-methyl/N-ethyl adjacent to an activating group) is 1. The van der Waals surface area contributed by atoms with Gasteiger partial charge in [-0.25, -0.2) is 0 Å². The topological polar surface area (TPSA) is 65.6 Å². The van der Waals surface area contributed by atoms with Gasteiger partial charge in [-0.05, 0) is 37.1 Å². The van der Waals surface area contributed by atoms with E-state index in [1.54, 1.807) is 19.1 Å². The van der Waals surface area contributed by atoms with Crippen molar-refractivity contribution >= 4 is 22.7 Å². The fraction of sp³-hybridized carbons (Fsp3) is 0.474. The van der Waals surface area contributed by atoms with Gasteiger partial charge in [-0.3, -0.25) is 9.59 Å². The molecule has 1 aromatic heterocycles. The third-order valence-electron chi connectivity index (χ3n) is 4.87. The first-order valence-corrected chi connectivity index (χ1v) is 8.70. The van der Waals surface area contributed by atoms with Crippen molar-refractivity contribution in [1.82, 2.24) is 14.8 Å². The van der Waals surface area contributed by atoms with E-state index < -0.39 is 0 Å². The van der Waals surface area contributed by atoms with Crippen molar-refractivity contribution in [3.8, 4) is 0 Å². The Balaban J connectivity index is 1.67. The number of carbonyl (C=O) groups excluding carboxylic acids is 2. The highest BCUT2D eigenvalue weighted by molar-refractivity contribution is 5.98. The zero-order chi connectivity index (χ0) is 17.8. The maximum absolute atomic E-state index is 12.8. The molecule has 6 nitrogen and oxygen atoms in total. The van der Waals surface area contributed by atoms with Gasteiger partial charge < -0.3 is 19.5 Å². The minimum atomic E-state index is -0.129. The molecule has 1 atom stereocenters. The van der Waals surface area contributed by atoms with Gasteiger partial charge in [0.1, 0.15) is 0 Å². The second kappa shape index (κ2) is 7.70. The summed E-state index contributed by atoms with van der Waals surface area (Å²) >= 11 is 0. The number of nitrogens with one attached hydrogen (secondary N) is 1. The number of piperidine rings is 1. The van der Waals surface area contributed by atoms with Crippen molar-refractivity contribution < 1.29 is 14.3 Å². The maximum atomic E-state index is 12.8. The number of ether oxygens (including phenoxy) is 1. The quantitative estimate of drug-likeness (QED) is 0.904. The summed E-state index contributed by atoms with van der Waals surface area (Å²) in [4.78, 5) is 32.1. The van der Waals surface area contributed by atoms with Crippen LogP contribution in [-0.4, -0.2) is 67.0 Å².